The van der Waals surface area contributed by atoms with Gasteiger partial charge in [0.05, 0.1) is 42.5 Å². The highest BCUT2D eigenvalue weighted by molar-refractivity contribution is 6.12. The van der Waals surface area contributed by atoms with Gasteiger partial charge in [0.25, 0.3) is 0 Å². The monoisotopic (exact) mass is 772 g/mol. The molecule has 3 aliphatic rings. The number of Topliss-reactive ketones (excluding diaryl/α,β-unsaturated/α-hetero) is 2. The first-order valence-electron chi connectivity index (χ1n) is 19.8. The predicted octanol–water partition coefficient (Wildman–Crippen LogP) is 4.79. The van der Waals surface area contributed by atoms with Crippen LogP contribution in [0.5, 0.6) is 0 Å². The van der Waals surface area contributed by atoms with E-state index in [1.54, 1.807) is 27.7 Å². The van der Waals surface area contributed by atoms with E-state index in [1.807, 2.05) is 6.92 Å². The summed E-state index contributed by atoms with van der Waals surface area (Å²) < 4.78 is 29.1. The highest BCUT2D eigenvalue weighted by atomic mass is 16.7. The van der Waals surface area contributed by atoms with Crippen molar-refractivity contribution in [2.75, 3.05) is 7.11 Å². The molecule has 3 N–H and O–H groups in total. The van der Waals surface area contributed by atoms with Crippen molar-refractivity contribution in [1.82, 2.24) is 0 Å². The summed E-state index contributed by atoms with van der Waals surface area (Å²) >= 11 is 0. The smallest absolute Gasteiger partial charge is 0.345 e. The molecule has 13 atom stereocenters. The van der Waals surface area contributed by atoms with Gasteiger partial charge >= 0.3 is 17.9 Å². The molecule has 13 nitrogen and oxygen atoms in total. The van der Waals surface area contributed by atoms with E-state index in [0.717, 1.165) is 38.5 Å². The van der Waals surface area contributed by atoms with E-state index >= 15 is 0 Å². The van der Waals surface area contributed by atoms with Gasteiger partial charge in [-0.25, -0.2) is 9.59 Å². The second-order valence-electron chi connectivity index (χ2n) is 16.8. The molecule has 1 spiro atoms. The second-order valence-corrected chi connectivity index (χ2v) is 16.8. The summed E-state index contributed by atoms with van der Waals surface area (Å²) in [6.07, 6.45) is -1.03. The molecule has 0 amide bonds. The Morgan fingerprint density at radius 3 is 2.04 bits per heavy atom. The molecule has 3 aliphatic heterocycles. The fraction of sp³-hybridized carbons (Fsp3) is 0.829. The van der Waals surface area contributed by atoms with Gasteiger partial charge in [0.1, 0.15) is 23.8 Å². The highest BCUT2D eigenvalue weighted by Gasteiger charge is 2.48. The lowest BCUT2D eigenvalue weighted by Gasteiger charge is -2.51. The number of methoxy groups -OCH3 is 1. The summed E-state index contributed by atoms with van der Waals surface area (Å²) in [5.74, 6) is -4.07. The molecule has 13 heteroatoms. The third kappa shape index (κ3) is 11.7. The molecular weight excluding hydrogens is 706 g/mol. The van der Waals surface area contributed by atoms with Gasteiger partial charge in [0.15, 0.2) is 5.79 Å². The molecule has 0 radical (unpaired) electrons. The Morgan fingerprint density at radius 1 is 0.852 bits per heavy atom. The number of cyclic esters (lactones) is 2. The van der Waals surface area contributed by atoms with E-state index in [0.29, 0.717) is 18.8 Å². The number of carbonyl (C=O) groups is 5. The third-order valence-corrected chi connectivity index (χ3v) is 12.1. The summed E-state index contributed by atoms with van der Waals surface area (Å²) in [5.41, 5.74) is -0.403. The quantitative estimate of drug-likeness (QED) is 0.0871. The summed E-state index contributed by atoms with van der Waals surface area (Å²) in [6, 6.07) is 0. The van der Waals surface area contributed by atoms with Crippen LogP contribution >= 0.6 is 0 Å². The molecule has 0 saturated carbocycles. The van der Waals surface area contributed by atoms with E-state index < -0.39 is 66.6 Å². The Labute approximate surface area is 320 Å². The minimum Gasteiger partial charge on any atom is -0.459 e. The minimum absolute atomic E-state index is 0.00210. The van der Waals surface area contributed by atoms with Crippen molar-refractivity contribution in [1.29, 1.82) is 0 Å². The summed E-state index contributed by atoms with van der Waals surface area (Å²) in [4.78, 5) is 61.6. The van der Waals surface area contributed by atoms with Crippen LogP contribution in [0.4, 0.5) is 0 Å². The molecule has 54 heavy (non-hydrogen) atoms. The molecule has 0 aliphatic carbocycles. The van der Waals surface area contributed by atoms with Crippen molar-refractivity contribution in [2.45, 2.75) is 175 Å². The van der Waals surface area contributed by atoms with Crippen LogP contribution in [0.25, 0.3) is 0 Å². The largest absolute Gasteiger partial charge is 0.459 e. The van der Waals surface area contributed by atoms with Crippen LogP contribution in [-0.2, 0) is 47.7 Å². The number of hydrogen-bond acceptors (Lipinski definition) is 13. The minimum atomic E-state index is -1.63. The Kier molecular flexibility index (Phi) is 17.0. The van der Waals surface area contributed by atoms with Crippen LogP contribution in [-0.4, -0.2) is 100 Å². The van der Waals surface area contributed by atoms with Crippen LogP contribution in [0.1, 0.15) is 127 Å². The Bertz CT molecular complexity index is 1350. The zero-order valence-corrected chi connectivity index (χ0v) is 34.0. The van der Waals surface area contributed by atoms with Crippen molar-refractivity contribution in [2.24, 2.45) is 35.5 Å². The second kappa shape index (κ2) is 20.0. The van der Waals surface area contributed by atoms with Crippen molar-refractivity contribution < 1.29 is 63.0 Å². The molecule has 2 fully saturated rings. The van der Waals surface area contributed by atoms with Crippen LogP contribution in [0.3, 0.4) is 0 Å². The average molecular weight is 773 g/mol. The number of carbonyl (C=O) groups excluding carboxylic acids is 5. The Morgan fingerprint density at radius 2 is 1.48 bits per heavy atom. The van der Waals surface area contributed by atoms with Gasteiger partial charge in [-0.1, -0.05) is 48.5 Å². The molecule has 0 bridgehead atoms. The van der Waals surface area contributed by atoms with Crippen LogP contribution in [0.2, 0.25) is 0 Å². The van der Waals surface area contributed by atoms with Gasteiger partial charge in [-0.2, -0.15) is 0 Å². The standard InChI is InChI=1S/C41H66O13/c1-21(2)36(51-34(47)20-31(45)35-27(8)39(48)52-40(35)49)38(50-10)32(46)19-30(44)26(7)29(43)13-11-24(5)37-25(6)16-18-41(54-37)17-15-23(4)33(53-41)14-12-22(3)28(9)42/h21-26,29,31-33,36-38,43,45-46H,11-20H2,1-10H3/t22-,23+,24-,25-,26-,29-,31+,32+,33-,36+,37-,38-,41+/m0/s1/i12+1,15+1,24+1,25+1,26+1,27+1. The third-order valence-electron chi connectivity index (χ3n) is 12.1. The maximum atomic E-state index is 13.3. The first-order chi connectivity index (χ1) is 25.2. The van der Waals surface area contributed by atoms with Crippen LogP contribution < -0.4 is 0 Å². The summed E-state index contributed by atoms with van der Waals surface area (Å²) in [5, 5.41) is 32.7. The fourth-order valence-electron chi connectivity index (χ4n) is 8.02. The molecule has 2 saturated heterocycles. The number of hydrogen-bond donors (Lipinski definition) is 3. The van der Waals surface area contributed by atoms with Crippen molar-refractivity contribution in [3.63, 3.8) is 0 Å². The van der Waals surface area contributed by atoms with Gasteiger partial charge in [-0.3, -0.25) is 14.4 Å². The van der Waals surface area contributed by atoms with Crippen molar-refractivity contribution in [3.8, 4) is 0 Å². The van der Waals surface area contributed by atoms with E-state index in [2.05, 4.69) is 25.5 Å². The number of ketones is 2. The van der Waals surface area contributed by atoms with E-state index in [9.17, 15) is 39.3 Å². The lowest BCUT2D eigenvalue weighted by molar-refractivity contribution is -0.338. The van der Waals surface area contributed by atoms with Crippen LogP contribution in [0.15, 0.2) is 11.1 Å². The fourth-order valence-corrected chi connectivity index (χ4v) is 8.02. The average Bonchev–Trinajstić information content (AvgIpc) is 3.37. The Balaban J connectivity index is 1.54. The lowest BCUT2D eigenvalue weighted by Crippen LogP contribution is -2.53. The molecule has 3 rings (SSSR count). The molecule has 308 valence electrons. The SMILES string of the molecule is CO[C@@H]([C@H](O)CC(=O)[13C@@H](C)[C@@H](O)CC[13C@H](C)[C@@H]1O[C@@]2(CC[13C@@H]1C)C[13CH2][C@@H](C)[C@H](C[13CH2][C@H](C)C(C)=O)O2)[C@H](OC(=O)C[C@@H](O)C1=[13C](C)C(=O)OC1=O)C(C)C. The molecular formula is C41H66O13. The van der Waals surface area contributed by atoms with Gasteiger partial charge < -0.3 is 39.0 Å². The number of aliphatic hydroxyl groups is 3. The molecule has 0 aromatic rings. The normalized spacial score (nSPS) is 29.3. The zero-order valence-electron chi connectivity index (χ0n) is 34.0. The zero-order chi connectivity index (χ0) is 40.7. The van der Waals surface area contributed by atoms with E-state index in [-0.39, 0.29) is 65.0 Å². The predicted molar refractivity (Wildman–Crippen MR) is 197 cm³/mol. The lowest BCUT2D eigenvalue weighted by atomic mass is 9.94. The highest BCUT2D eigenvalue weighted by Crippen LogP contribution is 2.45. The Hall–Kier alpha value is -2.55. The van der Waals surface area contributed by atoms with Crippen molar-refractivity contribution in [3.05, 3.63) is 11.1 Å². The maximum absolute atomic E-state index is 13.3. The van der Waals surface area contributed by atoms with Gasteiger partial charge in [-0.05, 0) is 76.0 Å². The molecule has 0 aromatic heterocycles. The van der Waals surface area contributed by atoms with Gasteiger partial charge in [0, 0.05) is 43.8 Å². The molecule has 3 heterocycles. The summed E-state index contributed by atoms with van der Waals surface area (Å²) in [6.45, 7) is 16.5. The molecule has 0 aromatic carbocycles. The van der Waals surface area contributed by atoms with E-state index in [1.165, 1.54) is 14.0 Å². The number of esters is 3. The van der Waals surface area contributed by atoms with Gasteiger partial charge in [0.2, 0.25) is 0 Å². The van der Waals surface area contributed by atoms with Gasteiger partial charge in [-0.15, -0.1) is 0 Å². The summed E-state index contributed by atoms with van der Waals surface area (Å²) in [7, 11) is 1.32. The first-order valence-corrected chi connectivity index (χ1v) is 19.8. The number of ether oxygens (including phenoxy) is 5. The molecule has 0 unspecified atom stereocenters. The van der Waals surface area contributed by atoms with E-state index in [4.69, 9.17) is 18.9 Å². The first kappa shape index (κ1) is 45.8. The number of rotatable bonds is 20. The van der Waals surface area contributed by atoms with Crippen molar-refractivity contribution >= 4 is 29.5 Å². The number of aliphatic hydroxyl groups excluding tert-OH is 3. The van der Waals surface area contributed by atoms with Crippen LogP contribution in [0, 0.1) is 35.5 Å². The topological polar surface area (TPSA) is 192 Å². The maximum Gasteiger partial charge on any atom is 0.345 e.